The summed E-state index contributed by atoms with van der Waals surface area (Å²) in [5, 5.41) is 0. The molecular formula is C14H23NO. The molecule has 0 aliphatic rings. The fourth-order valence-electron chi connectivity index (χ4n) is 1.70. The highest BCUT2D eigenvalue weighted by atomic mass is 16.5. The van der Waals surface area contributed by atoms with E-state index < -0.39 is 0 Å². The zero-order valence-electron chi connectivity index (χ0n) is 10.6. The molecule has 1 aromatic rings. The van der Waals surface area contributed by atoms with E-state index in [1.807, 2.05) is 12.1 Å². The minimum Gasteiger partial charge on any atom is -0.497 e. The van der Waals surface area contributed by atoms with Crippen molar-refractivity contribution in [3.8, 4) is 5.75 Å². The van der Waals surface area contributed by atoms with Crippen LogP contribution < -0.4 is 10.5 Å². The first-order valence-corrected chi connectivity index (χ1v) is 6.00. The maximum Gasteiger partial charge on any atom is 0.118 e. The summed E-state index contributed by atoms with van der Waals surface area (Å²) in [7, 11) is 1.69. The third kappa shape index (κ3) is 3.86. The highest BCUT2D eigenvalue weighted by Gasteiger charge is 2.10. The van der Waals surface area contributed by atoms with E-state index in [9.17, 15) is 0 Å². The van der Waals surface area contributed by atoms with Crippen LogP contribution in [0.3, 0.4) is 0 Å². The van der Waals surface area contributed by atoms with Crippen LogP contribution in [0.2, 0.25) is 0 Å². The van der Waals surface area contributed by atoms with Gasteiger partial charge in [0, 0.05) is 0 Å². The molecule has 90 valence electrons. The molecule has 0 spiro atoms. The quantitative estimate of drug-likeness (QED) is 0.801. The van der Waals surface area contributed by atoms with Crippen molar-refractivity contribution in [2.45, 2.75) is 26.7 Å². The van der Waals surface area contributed by atoms with Gasteiger partial charge in [-0.3, -0.25) is 0 Å². The molecule has 0 aromatic heterocycles. The fourth-order valence-corrected chi connectivity index (χ4v) is 1.70. The summed E-state index contributed by atoms with van der Waals surface area (Å²) in [5.41, 5.74) is 7.04. The van der Waals surface area contributed by atoms with Crippen molar-refractivity contribution in [2.24, 2.45) is 17.6 Å². The SMILES string of the molecule is COc1ccc(CCC(C)C(C)CN)cc1. The number of ether oxygens (including phenoxy) is 1. The van der Waals surface area contributed by atoms with E-state index in [2.05, 4.69) is 26.0 Å². The van der Waals surface area contributed by atoms with E-state index in [4.69, 9.17) is 10.5 Å². The molecule has 0 aliphatic carbocycles. The summed E-state index contributed by atoms with van der Waals surface area (Å²) in [6.07, 6.45) is 2.32. The van der Waals surface area contributed by atoms with Gasteiger partial charge in [-0.2, -0.15) is 0 Å². The fraction of sp³-hybridized carbons (Fsp3) is 0.571. The van der Waals surface area contributed by atoms with E-state index >= 15 is 0 Å². The summed E-state index contributed by atoms with van der Waals surface area (Å²) < 4.78 is 5.13. The van der Waals surface area contributed by atoms with Crippen molar-refractivity contribution >= 4 is 0 Å². The second-order valence-electron chi connectivity index (χ2n) is 4.58. The maximum atomic E-state index is 5.66. The van der Waals surface area contributed by atoms with Crippen molar-refractivity contribution in [1.29, 1.82) is 0 Å². The average molecular weight is 221 g/mol. The van der Waals surface area contributed by atoms with Crippen LogP contribution in [0.5, 0.6) is 5.75 Å². The molecule has 0 radical (unpaired) electrons. The predicted molar refractivity (Wildman–Crippen MR) is 68.7 cm³/mol. The lowest BCUT2D eigenvalue weighted by Gasteiger charge is -2.17. The number of benzene rings is 1. The predicted octanol–water partition coefficient (Wildman–Crippen LogP) is 2.86. The number of rotatable bonds is 6. The van der Waals surface area contributed by atoms with Gasteiger partial charge in [-0.1, -0.05) is 26.0 Å². The molecule has 2 unspecified atom stereocenters. The van der Waals surface area contributed by atoms with E-state index in [-0.39, 0.29) is 0 Å². The Morgan fingerprint density at radius 2 is 1.75 bits per heavy atom. The third-order valence-electron chi connectivity index (χ3n) is 3.39. The molecule has 2 atom stereocenters. The van der Waals surface area contributed by atoms with Crippen LogP contribution in [0.4, 0.5) is 0 Å². The number of hydrogen-bond acceptors (Lipinski definition) is 2. The minimum atomic E-state index is 0.609. The van der Waals surface area contributed by atoms with Gasteiger partial charge in [0.2, 0.25) is 0 Å². The van der Waals surface area contributed by atoms with Gasteiger partial charge < -0.3 is 10.5 Å². The molecule has 0 aliphatic heterocycles. The summed E-state index contributed by atoms with van der Waals surface area (Å²) in [6, 6.07) is 8.32. The molecule has 1 aromatic carbocycles. The van der Waals surface area contributed by atoms with Crippen LogP contribution >= 0.6 is 0 Å². The monoisotopic (exact) mass is 221 g/mol. The van der Waals surface area contributed by atoms with Crippen LogP contribution in [-0.4, -0.2) is 13.7 Å². The van der Waals surface area contributed by atoms with Crippen LogP contribution in [0.25, 0.3) is 0 Å². The molecular weight excluding hydrogens is 198 g/mol. The molecule has 2 heteroatoms. The van der Waals surface area contributed by atoms with Gasteiger partial charge in [0.1, 0.15) is 5.75 Å². The summed E-state index contributed by atoms with van der Waals surface area (Å²) in [5.74, 6) is 2.22. The molecule has 16 heavy (non-hydrogen) atoms. The maximum absolute atomic E-state index is 5.66. The third-order valence-corrected chi connectivity index (χ3v) is 3.39. The Morgan fingerprint density at radius 1 is 1.12 bits per heavy atom. The molecule has 0 heterocycles. The van der Waals surface area contributed by atoms with Gasteiger partial charge in [0.25, 0.3) is 0 Å². The summed E-state index contributed by atoms with van der Waals surface area (Å²) in [4.78, 5) is 0. The van der Waals surface area contributed by atoms with Gasteiger partial charge in [-0.25, -0.2) is 0 Å². The smallest absolute Gasteiger partial charge is 0.118 e. The molecule has 0 amide bonds. The number of nitrogens with two attached hydrogens (primary N) is 1. The van der Waals surface area contributed by atoms with E-state index in [0.29, 0.717) is 11.8 Å². The van der Waals surface area contributed by atoms with Crippen LogP contribution in [0, 0.1) is 11.8 Å². The Bertz CT molecular complexity index is 294. The first kappa shape index (κ1) is 13.0. The minimum absolute atomic E-state index is 0.609. The molecule has 0 bridgehead atoms. The topological polar surface area (TPSA) is 35.2 Å². The normalized spacial score (nSPS) is 14.5. The number of hydrogen-bond donors (Lipinski definition) is 1. The molecule has 2 nitrogen and oxygen atoms in total. The van der Waals surface area contributed by atoms with Gasteiger partial charge >= 0.3 is 0 Å². The zero-order valence-corrected chi connectivity index (χ0v) is 10.6. The Balaban J connectivity index is 2.42. The van der Waals surface area contributed by atoms with Crippen molar-refractivity contribution in [1.82, 2.24) is 0 Å². The molecule has 0 fully saturated rings. The molecule has 2 N–H and O–H groups in total. The lowest BCUT2D eigenvalue weighted by molar-refractivity contribution is 0.372. The standard InChI is InChI=1S/C14H23NO/c1-11(12(2)10-15)4-5-13-6-8-14(16-3)9-7-13/h6-9,11-12H,4-5,10,15H2,1-3H3. The second-order valence-corrected chi connectivity index (χ2v) is 4.58. The highest BCUT2D eigenvalue weighted by molar-refractivity contribution is 5.27. The lowest BCUT2D eigenvalue weighted by Crippen LogP contribution is -2.18. The van der Waals surface area contributed by atoms with Gasteiger partial charge in [0.05, 0.1) is 7.11 Å². The first-order chi connectivity index (χ1) is 7.67. The van der Waals surface area contributed by atoms with Crippen LogP contribution in [0.1, 0.15) is 25.8 Å². The number of aryl methyl sites for hydroxylation is 1. The van der Waals surface area contributed by atoms with Crippen LogP contribution in [0.15, 0.2) is 24.3 Å². The summed E-state index contributed by atoms with van der Waals surface area (Å²) >= 11 is 0. The first-order valence-electron chi connectivity index (χ1n) is 6.00. The molecule has 0 saturated heterocycles. The van der Waals surface area contributed by atoms with Crippen molar-refractivity contribution in [3.63, 3.8) is 0 Å². The summed E-state index contributed by atoms with van der Waals surface area (Å²) in [6.45, 7) is 5.28. The second kappa shape index (κ2) is 6.54. The number of methoxy groups -OCH3 is 1. The lowest BCUT2D eigenvalue weighted by atomic mass is 9.90. The van der Waals surface area contributed by atoms with Crippen molar-refractivity contribution in [2.75, 3.05) is 13.7 Å². The van der Waals surface area contributed by atoms with E-state index in [0.717, 1.165) is 18.7 Å². The van der Waals surface area contributed by atoms with Crippen LogP contribution in [-0.2, 0) is 6.42 Å². The van der Waals surface area contributed by atoms with E-state index in [1.54, 1.807) is 7.11 Å². The van der Waals surface area contributed by atoms with Crippen molar-refractivity contribution in [3.05, 3.63) is 29.8 Å². The highest BCUT2D eigenvalue weighted by Crippen LogP contribution is 2.18. The van der Waals surface area contributed by atoms with Crippen molar-refractivity contribution < 1.29 is 4.74 Å². The Hall–Kier alpha value is -1.02. The molecule has 0 saturated carbocycles. The Kier molecular flexibility index (Phi) is 5.33. The Labute approximate surface area is 98.8 Å². The van der Waals surface area contributed by atoms with Gasteiger partial charge in [-0.15, -0.1) is 0 Å². The Morgan fingerprint density at radius 3 is 2.25 bits per heavy atom. The largest absolute Gasteiger partial charge is 0.497 e. The van der Waals surface area contributed by atoms with E-state index in [1.165, 1.54) is 12.0 Å². The van der Waals surface area contributed by atoms with Gasteiger partial charge in [-0.05, 0) is 48.9 Å². The zero-order chi connectivity index (χ0) is 12.0. The average Bonchev–Trinajstić information content (AvgIpc) is 2.35. The molecule has 1 rings (SSSR count). The van der Waals surface area contributed by atoms with Gasteiger partial charge in [0.15, 0.2) is 0 Å².